The Balaban J connectivity index is 1.03. The highest BCUT2D eigenvalue weighted by atomic mass is 16.2. The summed E-state index contributed by atoms with van der Waals surface area (Å²) in [6.07, 6.45) is 32.6. The zero-order chi connectivity index (χ0) is 46.1. The molecule has 1 fully saturated rings. The van der Waals surface area contributed by atoms with Crippen LogP contribution in [0.15, 0.2) is 151 Å². The van der Waals surface area contributed by atoms with Crippen LogP contribution in [0.1, 0.15) is 85.7 Å². The van der Waals surface area contributed by atoms with Crippen molar-refractivity contribution in [3.05, 3.63) is 162 Å². The van der Waals surface area contributed by atoms with Gasteiger partial charge in [-0.15, -0.1) is 0 Å². The van der Waals surface area contributed by atoms with E-state index in [2.05, 4.69) is 107 Å². The molecule has 1 atom stereocenters. The molecule has 0 radical (unpaired) electrons. The van der Waals surface area contributed by atoms with Gasteiger partial charge in [0.05, 0.1) is 17.9 Å². The second-order valence-corrected chi connectivity index (χ2v) is 16.2. The number of hydrogen-bond donors (Lipinski definition) is 3. The van der Waals surface area contributed by atoms with Crippen molar-refractivity contribution in [2.45, 2.75) is 64.2 Å². The fraction of sp³-hybridized carbons (Fsp3) is 0.352. The number of nitrogens with zero attached hydrogens (tertiary/aromatic N) is 4. The summed E-state index contributed by atoms with van der Waals surface area (Å²) in [5.74, 6) is -1.30. The topological polar surface area (TPSA) is 126 Å². The molecule has 3 N–H and O–H groups in total. The Morgan fingerprint density at radius 2 is 1.31 bits per heavy atom. The Morgan fingerprint density at radius 3 is 1.92 bits per heavy atom. The van der Waals surface area contributed by atoms with Crippen LogP contribution in [0.25, 0.3) is 0 Å². The second-order valence-electron chi connectivity index (χ2n) is 16.2. The number of likely N-dealkylation sites (N-methyl/N-ethyl adjacent to an activating group) is 2. The highest BCUT2D eigenvalue weighted by Crippen LogP contribution is 2.37. The molecule has 1 unspecified atom stereocenters. The first-order valence-corrected chi connectivity index (χ1v) is 23.0. The van der Waals surface area contributed by atoms with Gasteiger partial charge >= 0.3 is 0 Å². The van der Waals surface area contributed by atoms with Crippen LogP contribution in [0.4, 0.5) is 17.1 Å². The van der Waals surface area contributed by atoms with E-state index >= 15 is 0 Å². The lowest BCUT2D eigenvalue weighted by atomic mass is 9.90. The van der Waals surface area contributed by atoms with E-state index in [0.717, 1.165) is 81.5 Å². The van der Waals surface area contributed by atoms with Crippen LogP contribution in [0.3, 0.4) is 0 Å². The molecule has 11 heteroatoms. The molecule has 0 aliphatic carbocycles. The summed E-state index contributed by atoms with van der Waals surface area (Å²) in [5, 5.41) is 8.70. The van der Waals surface area contributed by atoms with Gasteiger partial charge in [0.2, 0.25) is 17.7 Å². The van der Waals surface area contributed by atoms with Crippen molar-refractivity contribution in [3.63, 3.8) is 0 Å². The fourth-order valence-electron chi connectivity index (χ4n) is 7.34. The SMILES string of the molecule is CCC=CCC=CCC=CCC=CCC=CCC=CCCC(=O)NCCNC(=O)c1ccc2c(c1)NC(=O)C2C(=Nc1ccc(N(C)C(=O)CN2CCN(C)CC2)cc1)c1ccccc1. The third-order valence-corrected chi connectivity index (χ3v) is 11.2. The van der Waals surface area contributed by atoms with Gasteiger partial charge in [-0.1, -0.05) is 116 Å². The van der Waals surface area contributed by atoms with E-state index in [-0.39, 0.29) is 30.2 Å². The number of nitrogens with one attached hydrogen (secondary N) is 3. The van der Waals surface area contributed by atoms with E-state index in [0.29, 0.717) is 48.6 Å². The normalized spacial score (nSPS) is 16.1. The number of benzene rings is 3. The van der Waals surface area contributed by atoms with Crippen LogP contribution in [0.2, 0.25) is 0 Å². The Hall–Kier alpha value is -6.43. The van der Waals surface area contributed by atoms with Gasteiger partial charge < -0.3 is 25.8 Å². The summed E-state index contributed by atoms with van der Waals surface area (Å²) in [5.41, 5.74) is 4.44. The summed E-state index contributed by atoms with van der Waals surface area (Å²) in [6, 6.07) is 22.2. The average molecular weight is 878 g/mol. The molecule has 2 aliphatic heterocycles. The molecule has 2 aliphatic rings. The van der Waals surface area contributed by atoms with Gasteiger partial charge in [-0.05, 0) is 99.5 Å². The summed E-state index contributed by atoms with van der Waals surface area (Å²) in [6.45, 7) is 6.71. The summed E-state index contributed by atoms with van der Waals surface area (Å²) >= 11 is 0. The fourth-order valence-corrected chi connectivity index (χ4v) is 7.34. The molecule has 1 saturated heterocycles. The van der Waals surface area contributed by atoms with Gasteiger partial charge in [-0.25, -0.2) is 0 Å². The summed E-state index contributed by atoms with van der Waals surface area (Å²) < 4.78 is 0. The van der Waals surface area contributed by atoms with Gasteiger partial charge in [0.15, 0.2) is 0 Å². The predicted octanol–water partition coefficient (Wildman–Crippen LogP) is 9.08. The minimum atomic E-state index is -0.708. The molecule has 0 saturated carbocycles. The maximum atomic E-state index is 13.6. The van der Waals surface area contributed by atoms with Crippen molar-refractivity contribution in [1.29, 1.82) is 0 Å². The Kier molecular flexibility index (Phi) is 21.1. The molecule has 342 valence electrons. The Morgan fingerprint density at radius 1 is 0.723 bits per heavy atom. The molecule has 65 heavy (non-hydrogen) atoms. The monoisotopic (exact) mass is 878 g/mol. The number of amides is 4. The van der Waals surface area contributed by atoms with Gasteiger partial charge in [-0.3, -0.25) is 29.1 Å². The largest absolute Gasteiger partial charge is 0.354 e. The third kappa shape index (κ3) is 16.9. The van der Waals surface area contributed by atoms with Crippen LogP contribution >= 0.6 is 0 Å². The summed E-state index contributed by atoms with van der Waals surface area (Å²) in [4.78, 5) is 63.4. The number of allylic oxidation sites excluding steroid dienone is 12. The maximum Gasteiger partial charge on any atom is 0.251 e. The third-order valence-electron chi connectivity index (χ3n) is 11.2. The quantitative estimate of drug-likeness (QED) is 0.0469. The minimum absolute atomic E-state index is 0.0262. The van der Waals surface area contributed by atoms with Crippen LogP contribution in [-0.4, -0.2) is 99.0 Å². The zero-order valence-corrected chi connectivity index (χ0v) is 38.5. The van der Waals surface area contributed by atoms with Crippen molar-refractivity contribution in [3.8, 4) is 0 Å². The number of fused-ring (bicyclic) bond motifs is 1. The molecule has 5 rings (SSSR count). The molecule has 3 aromatic carbocycles. The van der Waals surface area contributed by atoms with E-state index in [9.17, 15) is 19.2 Å². The van der Waals surface area contributed by atoms with Gasteiger partial charge in [-0.2, -0.15) is 0 Å². The molecule has 2 heterocycles. The lowest BCUT2D eigenvalue weighted by Crippen LogP contribution is -2.48. The number of aliphatic imine (C=N–C) groups is 1. The molecule has 4 amide bonds. The van der Waals surface area contributed by atoms with Gasteiger partial charge in [0, 0.05) is 69.7 Å². The van der Waals surface area contributed by atoms with Crippen molar-refractivity contribution >= 4 is 46.4 Å². The van der Waals surface area contributed by atoms with E-state index in [1.54, 1.807) is 30.1 Å². The molecular formula is C54H67N7O4. The van der Waals surface area contributed by atoms with E-state index in [1.807, 2.05) is 60.7 Å². The van der Waals surface area contributed by atoms with Crippen molar-refractivity contribution < 1.29 is 19.2 Å². The lowest BCUT2D eigenvalue weighted by Gasteiger charge is -2.32. The zero-order valence-electron chi connectivity index (χ0n) is 38.5. The molecule has 3 aromatic rings. The highest BCUT2D eigenvalue weighted by molar-refractivity contribution is 6.24. The Bertz CT molecular complexity index is 2210. The lowest BCUT2D eigenvalue weighted by molar-refractivity contribution is -0.121. The maximum absolute atomic E-state index is 13.6. The first kappa shape index (κ1) is 49.6. The van der Waals surface area contributed by atoms with E-state index in [1.165, 1.54) is 0 Å². The Labute approximate surface area is 386 Å². The number of anilines is 2. The van der Waals surface area contributed by atoms with Crippen LogP contribution in [0, 0.1) is 0 Å². The smallest absolute Gasteiger partial charge is 0.251 e. The van der Waals surface area contributed by atoms with Crippen LogP contribution in [0.5, 0.6) is 0 Å². The predicted molar refractivity (Wildman–Crippen MR) is 267 cm³/mol. The number of carbonyl (C=O) groups excluding carboxylic acids is 4. The van der Waals surface area contributed by atoms with Crippen molar-refractivity contribution in [1.82, 2.24) is 20.4 Å². The average Bonchev–Trinajstić information content (AvgIpc) is 3.65. The second kappa shape index (κ2) is 27.7. The summed E-state index contributed by atoms with van der Waals surface area (Å²) in [7, 11) is 3.88. The molecule has 11 nitrogen and oxygen atoms in total. The van der Waals surface area contributed by atoms with E-state index < -0.39 is 5.92 Å². The molecule has 0 aromatic heterocycles. The standard InChI is InChI=1S/C54H67N7O4/c1-4-5-6-7-8-9-10-11-12-13-14-15-16-17-18-19-20-21-25-28-49(62)55-35-36-56-53(64)44-29-34-47-48(41-44)58-54(65)51(47)52(43-26-23-22-24-27-43)57-45-30-32-46(33-31-45)60(3)50(63)42-61-39-37-59(2)38-40-61/h5-6,8-9,11-12,14-15,17-18,20-24,26-27,29-34,41,51H,4,7,10,13,16,19,25,28,35-40,42H2,1-3H3,(H,55,62)(H,56,64)(H,58,65). The van der Waals surface area contributed by atoms with Crippen molar-refractivity contribution in [2.24, 2.45) is 4.99 Å². The number of hydrogen-bond acceptors (Lipinski definition) is 7. The molecule has 0 bridgehead atoms. The minimum Gasteiger partial charge on any atom is -0.354 e. The molecule has 0 spiro atoms. The van der Waals surface area contributed by atoms with Crippen LogP contribution < -0.4 is 20.9 Å². The highest BCUT2D eigenvalue weighted by Gasteiger charge is 2.36. The van der Waals surface area contributed by atoms with Crippen molar-refractivity contribution in [2.75, 3.05) is 70.1 Å². The first-order chi connectivity index (χ1) is 31.7. The number of rotatable bonds is 24. The van der Waals surface area contributed by atoms with E-state index in [4.69, 9.17) is 4.99 Å². The van der Waals surface area contributed by atoms with Gasteiger partial charge in [0.25, 0.3) is 5.91 Å². The first-order valence-electron chi connectivity index (χ1n) is 23.0. The number of carbonyl (C=O) groups is 4. The number of piperazine rings is 1. The van der Waals surface area contributed by atoms with Crippen LogP contribution in [-0.2, 0) is 14.4 Å². The molecular weight excluding hydrogens is 811 g/mol. The van der Waals surface area contributed by atoms with Gasteiger partial charge in [0.1, 0.15) is 5.92 Å².